The van der Waals surface area contributed by atoms with Crippen LogP contribution in [0.25, 0.3) is 11.3 Å². The van der Waals surface area contributed by atoms with Crippen LogP contribution < -0.4 is 5.73 Å². The molecular weight excluding hydrogens is 212 g/mol. The van der Waals surface area contributed by atoms with E-state index < -0.39 is 0 Å². The Morgan fingerprint density at radius 1 is 1.18 bits per heavy atom. The molecule has 0 unspecified atom stereocenters. The molecule has 0 bridgehead atoms. The number of aryl methyl sites for hydroxylation is 2. The highest BCUT2D eigenvalue weighted by molar-refractivity contribution is 5.62. The van der Waals surface area contributed by atoms with Crippen LogP contribution in [0.15, 0.2) is 28.7 Å². The first-order chi connectivity index (χ1) is 8.24. The summed E-state index contributed by atoms with van der Waals surface area (Å²) < 4.78 is 5.36. The van der Waals surface area contributed by atoms with Crippen molar-refractivity contribution in [3.05, 3.63) is 35.6 Å². The number of rotatable bonds is 4. The zero-order chi connectivity index (χ0) is 12.3. The van der Waals surface area contributed by atoms with Crippen molar-refractivity contribution >= 4 is 6.01 Å². The van der Waals surface area contributed by atoms with Gasteiger partial charge in [0, 0.05) is 12.0 Å². The summed E-state index contributed by atoms with van der Waals surface area (Å²) in [5, 5.41) is 0. The number of oxazole rings is 1. The molecule has 1 aromatic heterocycles. The Bertz CT molecular complexity index is 485. The Hall–Kier alpha value is -1.77. The molecule has 0 aliphatic heterocycles. The molecule has 3 nitrogen and oxygen atoms in total. The van der Waals surface area contributed by atoms with Gasteiger partial charge in [0.25, 0.3) is 6.01 Å². The third-order valence-corrected chi connectivity index (χ3v) is 2.80. The zero-order valence-corrected chi connectivity index (χ0v) is 10.4. The molecule has 3 heteroatoms. The lowest BCUT2D eigenvalue weighted by molar-refractivity contribution is 0.530. The topological polar surface area (TPSA) is 52.0 Å². The zero-order valence-electron chi connectivity index (χ0n) is 10.4. The Balaban J connectivity index is 2.32. The van der Waals surface area contributed by atoms with Gasteiger partial charge in [-0.15, -0.1) is 0 Å². The van der Waals surface area contributed by atoms with E-state index in [9.17, 15) is 0 Å². The quantitative estimate of drug-likeness (QED) is 0.875. The highest BCUT2D eigenvalue weighted by Gasteiger charge is 2.11. The molecule has 17 heavy (non-hydrogen) atoms. The van der Waals surface area contributed by atoms with Gasteiger partial charge in [0.15, 0.2) is 0 Å². The average molecular weight is 230 g/mol. The van der Waals surface area contributed by atoms with E-state index >= 15 is 0 Å². The minimum Gasteiger partial charge on any atom is -0.428 e. The maximum Gasteiger partial charge on any atom is 0.292 e. The highest BCUT2D eigenvalue weighted by Crippen LogP contribution is 2.25. The largest absolute Gasteiger partial charge is 0.428 e. The number of nitrogens with two attached hydrogens (primary N) is 1. The van der Waals surface area contributed by atoms with Gasteiger partial charge in [0.2, 0.25) is 0 Å². The molecule has 90 valence electrons. The highest BCUT2D eigenvalue weighted by atomic mass is 16.4. The van der Waals surface area contributed by atoms with E-state index in [0.717, 1.165) is 36.3 Å². The number of anilines is 1. The van der Waals surface area contributed by atoms with Crippen LogP contribution >= 0.6 is 0 Å². The van der Waals surface area contributed by atoms with E-state index in [4.69, 9.17) is 10.2 Å². The number of nitrogen functional groups attached to an aromatic ring is 1. The standard InChI is InChI=1S/C14H18N2O/c1-3-5-10-6-8-11(9-7-10)13-12(4-2)17-14(15)16-13/h6-9H,3-5H2,1-2H3,(H2,15,16). The summed E-state index contributed by atoms with van der Waals surface area (Å²) in [6.07, 6.45) is 3.08. The van der Waals surface area contributed by atoms with Gasteiger partial charge < -0.3 is 10.2 Å². The van der Waals surface area contributed by atoms with Crippen LogP contribution in [0.5, 0.6) is 0 Å². The van der Waals surface area contributed by atoms with Crippen LogP contribution in [-0.4, -0.2) is 4.98 Å². The van der Waals surface area contributed by atoms with Crippen LogP contribution in [0, 0.1) is 0 Å². The predicted molar refractivity (Wildman–Crippen MR) is 69.7 cm³/mol. The molecule has 0 radical (unpaired) electrons. The molecule has 2 rings (SSSR count). The minimum absolute atomic E-state index is 0.245. The van der Waals surface area contributed by atoms with E-state index in [1.807, 2.05) is 6.92 Å². The van der Waals surface area contributed by atoms with E-state index in [-0.39, 0.29) is 6.01 Å². The molecule has 0 saturated heterocycles. The van der Waals surface area contributed by atoms with Crippen molar-refractivity contribution in [2.45, 2.75) is 33.1 Å². The molecule has 0 fully saturated rings. The summed E-state index contributed by atoms with van der Waals surface area (Å²) in [6, 6.07) is 8.70. The Kier molecular flexibility index (Phi) is 3.47. The minimum atomic E-state index is 0.245. The SMILES string of the molecule is CCCc1ccc(-c2nc(N)oc2CC)cc1. The summed E-state index contributed by atoms with van der Waals surface area (Å²) in [4.78, 5) is 4.24. The molecule has 0 amide bonds. The molecule has 1 aromatic carbocycles. The molecule has 0 spiro atoms. The molecule has 0 aliphatic carbocycles. The molecule has 0 atom stereocenters. The van der Waals surface area contributed by atoms with Crippen molar-refractivity contribution in [1.29, 1.82) is 0 Å². The second kappa shape index (κ2) is 5.04. The smallest absolute Gasteiger partial charge is 0.292 e. The fourth-order valence-electron chi connectivity index (χ4n) is 1.95. The molecule has 0 saturated carbocycles. The number of hydrogen-bond acceptors (Lipinski definition) is 3. The summed E-state index contributed by atoms with van der Waals surface area (Å²) in [5.41, 5.74) is 8.88. The van der Waals surface area contributed by atoms with Crippen LogP contribution in [0.3, 0.4) is 0 Å². The normalized spacial score (nSPS) is 10.7. The average Bonchev–Trinajstić information content (AvgIpc) is 2.72. The lowest BCUT2D eigenvalue weighted by Crippen LogP contribution is -1.87. The number of hydrogen-bond donors (Lipinski definition) is 1. The number of aromatic nitrogens is 1. The summed E-state index contributed by atoms with van der Waals surface area (Å²) >= 11 is 0. The van der Waals surface area contributed by atoms with Crippen LogP contribution in [0.2, 0.25) is 0 Å². The maximum atomic E-state index is 5.59. The second-order valence-corrected chi connectivity index (χ2v) is 4.12. The van der Waals surface area contributed by atoms with Crippen molar-refractivity contribution in [2.75, 3.05) is 5.73 Å². The van der Waals surface area contributed by atoms with E-state index in [1.54, 1.807) is 0 Å². The lowest BCUT2D eigenvalue weighted by atomic mass is 10.0. The van der Waals surface area contributed by atoms with E-state index in [2.05, 4.69) is 36.2 Å². The molecule has 2 N–H and O–H groups in total. The van der Waals surface area contributed by atoms with E-state index in [0.29, 0.717) is 0 Å². The lowest BCUT2D eigenvalue weighted by Gasteiger charge is -2.01. The summed E-state index contributed by atoms with van der Waals surface area (Å²) in [7, 11) is 0. The van der Waals surface area contributed by atoms with Crippen molar-refractivity contribution in [2.24, 2.45) is 0 Å². The first kappa shape index (κ1) is 11.7. The van der Waals surface area contributed by atoms with Crippen molar-refractivity contribution < 1.29 is 4.42 Å². The maximum absolute atomic E-state index is 5.59. The van der Waals surface area contributed by atoms with Gasteiger partial charge in [0.1, 0.15) is 11.5 Å². The molecule has 0 aliphatic rings. The Morgan fingerprint density at radius 3 is 2.47 bits per heavy atom. The van der Waals surface area contributed by atoms with Crippen LogP contribution in [-0.2, 0) is 12.8 Å². The van der Waals surface area contributed by atoms with Crippen molar-refractivity contribution in [3.8, 4) is 11.3 Å². The predicted octanol–water partition coefficient (Wildman–Crippen LogP) is 3.44. The molecule has 1 heterocycles. The second-order valence-electron chi connectivity index (χ2n) is 4.12. The molecular formula is C14H18N2O. The van der Waals surface area contributed by atoms with Gasteiger partial charge >= 0.3 is 0 Å². The molecule has 2 aromatic rings. The van der Waals surface area contributed by atoms with Crippen LogP contribution in [0.4, 0.5) is 6.01 Å². The van der Waals surface area contributed by atoms with Crippen LogP contribution in [0.1, 0.15) is 31.6 Å². The summed E-state index contributed by atoms with van der Waals surface area (Å²) in [5.74, 6) is 0.853. The third-order valence-electron chi connectivity index (χ3n) is 2.80. The van der Waals surface area contributed by atoms with Gasteiger partial charge in [0.05, 0.1) is 0 Å². The van der Waals surface area contributed by atoms with Gasteiger partial charge in [-0.3, -0.25) is 0 Å². The number of nitrogens with zero attached hydrogens (tertiary/aromatic N) is 1. The number of benzene rings is 1. The van der Waals surface area contributed by atoms with Gasteiger partial charge in [-0.25, -0.2) is 0 Å². The van der Waals surface area contributed by atoms with Gasteiger partial charge in [-0.05, 0) is 12.0 Å². The van der Waals surface area contributed by atoms with Crippen molar-refractivity contribution in [1.82, 2.24) is 4.98 Å². The Labute approximate surface area is 102 Å². The van der Waals surface area contributed by atoms with Crippen molar-refractivity contribution in [3.63, 3.8) is 0 Å². The summed E-state index contributed by atoms with van der Waals surface area (Å²) in [6.45, 7) is 4.22. The first-order valence-electron chi connectivity index (χ1n) is 6.09. The first-order valence-corrected chi connectivity index (χ1v) is 6.09. The van der Waals surface area contributed by atoms with Gasteiger partial charge in [-0.2, -0.15) is 4.98 Å². The Morgan fingerprint density at radius 2 is 1.88 bits per heavy atom. The fourth-order valence-corrected chi connectivity index (χ4v) is 1.95. The van der Waals surface area contributed by atoms with E-state index in [1.165, 1.54) is 5.56 Å². The fraction of sp³-hybridized carbons (Fsp3) is 0.357. The van der Waals surface area contributed by atoms with Gasteiger partial charge in [-0.1, -0.05) is 44.5 Å². The monoisotopic (exact) mass is 230 g/mol. The third kappa shape index (κ3) is 2.49.